The summed E-state index contributed by atoms with van der Waals surface area (Å²) in [4.78, 5) is 28.4. The normalized spacial score (nSPS) is 15.2. The highest BCUT2D eigenvalue weighted by Gasteiger charge is 2.30. The van der Waals surface area contributed by atoms with Crippen molar-refractivity contribution in [2.75, 3.05) is 0 Å². The molecule has 3 rings (SSSR count). The molecule has 0 heterocycles. The molecule has 0 aliphatic heterocycles. The van der Waals surface area contributed by atoms with Gasteiger partial charge in [-0.2, -0.15) is 0 Å². The molecule has 1 aliphatic carbocycles. The van der Waals surface area contributed by atoms with Gasteiger partial charge in [0.05, 0.1) is 6.42 Å². The molecule has 0 aromatic heterocycles. The zero-order chi connectivity index (χ0) is 23.1. The van der Waals surface area contributed by atoms with E-state index in [4.69, 9.17) is 0 Å². The number of nitrogens with zero attached hydrogens (tertiary/aromatic N) is 1. The topological polar surface area (TPSA) is 49.4 Å². The molecule has 0 spiro atoms. The molecule has 1 aliphatic rings. The molecule has 0 bridgehead atoms. The van der Waals surface area contributed by atoms with Gasteiger partial charge in [0.2, 0.25) is 11.8 Å². The van der Waals surface area contributed by atoms with Gasteiger partial charge in [-0.05, 0) is 61.9 Å². The van der Waals surface area contributed by atoms with E-state index < -0.39 is 6.04 Å². The Morgan fingerprint density at radius 2 is 1.75 bits per heavy atom. The number of amides is 2. The van der Waals surface area contributed by atoms with Crippen molar-refractivity contribution in [1.29, 1.82) is 0 Å². The molecule has 1 atom stereocenters. The minimum Gasteiger partial charge on any atom is -0.352 e. The Balaban J connectivity index is 1.83. The molecule has 2 amide bonds. The van der Waals surface area contributed by atoms with Crippen molar-refractivity contribution in [3.8, 4) is 0 Å². The summed E-state index contributed by atoms with van der Waals surface area (Å²) in [5, 5.41) is 3.19. The average molecular weight is 439 g/mol. The molecule has 1 unspecified atom stereocenters. The van der Waals surface area contributed by atoms with Crippen LogP contribution in [-0.2, 0) is 22.6 Å². The van der Waals surface area contributed by atoms with Crippen molar-refractivity contribution in [2.45, 2.75) is 84.3 Å². The molecule has 172 valence electrons. The fourth-order valence-electron chi connectivity index (χ4n) is 4.51. The second-order valence-electron chi connectivity index (χ2n) is 9.02. The third-order valence-corrected chi connectivity index (χ3v) is 6.45. The van der Waals surface area contributed by atoms with Gasteiger partial charge >= 0.3 is 0 Å². The minimum atomic E-state index is -0.556. The van der Waals surface area contributed by atoms with Crippen LogP contribution < -0.4 is 5.32 Å². The Hall–Kier alpha value is -2.69. The predicted octanol–water partition coefficient (Wildman–Crippen LogP) is 5.24. The Kier molecular flexibility index (Phi) is 8.43. The summed E-state index contributed by atoms with van der Waals surface area (Å²) in [6.45, 7) is 6.23. The number of nitrogens with one attached hydrogen (secondary N) is 1. The van der Waals surface area contributed by atoms with Crippen LogP contribution in [0.5, 0.6) is 0 Å². The van der Waals surface area contributed by atoms with E-state index in [2.05, 4.69) is 5.32 Å². The summed E-state index contributed by atoms with van der Waals surface area (Å²) in [6.07, 6.45) is 6.24. The zero-order valence-corrected chi connectivity index (χ0v) is 19.5. The van der Waals surface area contributed by atoms with E-state index in [-0.39, 0.29) is 36.6 Å². The third kappa shape index (κ3) is 6.41. The van der Waals surface area contributed by atoms with Gasteiger partial charge in [0.15, 0.2) is 0 Å². The van der Waals surface area contributed by atoms with Crippen LogP contribution in [0.2, 0.25) is 0 Å². The highest BCUT2D eigenvalue weighted by atomic mass is 19.1. The third-order valence-electron chi connectivity index (χ3n) is 6.45. The van der Waals surface area contributed by atoms with Gasteiger partial charge in [0.25, 0.3) is 0 Å². The summed E-state index contributed by atoms with van der Waals surface area (Å²) in [5.41, 5.74) is 3.95. The first-order valence-electron chi connectivity index (χ1n) is 11.8. The van der Waals surface area contributed by atoms with Crippen LogP contribution >= 0.6 is 0 Å². The van der Waals surface area contributed by atoms with Gasteiger partial charge in [0, 0.05) is 12.6 Å². The second kappa shape index (κ2) is 11.3. The van der Waals surface area contributed by atoms with Crippen LogP contribution in [0.1, 0.15) is 67.7 Å². The summed E-state index contributed by atoms with van der Waals surface area (Å²) < 4.78 is 13.4. The SMILES string of the molecule is CCC(C(=O)NC1CCCCC1)N(Cc1ccc(F)cc1)C(=O)Cc1cc(C)ccc1C. The summed E-state index contributed by atoms with van der Waals surface area (Å²) in [6, 6.07) is 11.9. The van der Waals surface area contributed by atoms with E-state index in [0.717, 1.165) is 47.9 Å². The number of benzene rings is 2. The number of rotatable bonds is 8. The number of carbonyl (C=O) groups excluding carboxylic acids is 2. The van der Waals surface area contributed by atoms with Crippen LogP contribution in [0.4, 0.5) is 4.39 Å². The highest BCUT2D eigenvalue weighted by Crippen LogP contribution is 2.20. The van der Waals surface area contributed by atoms with E-state index in [0.29, 0.717) is 6.42 Å². The molecule has 2 aromatic carbocycles. The fraction of sp³-hybridized carbons (Fsp3) is 0.481. The van der Waals surface area contributed by atoms with Gasteiger partial charge in [-0.15, -0.1) is 0 Å². The first kappa shape index (κ1) is 24.0. The summed E-state index contributed by atoms with van der Waals surface area (Å²) in [5.74, 6) is -0.492. The van der Waals surface area contributed by atoms with E-state index in [1.807, 2.05) is 39.0 Å². The number of aryl methyl sites for hydroxylation is 2. The largest absolute Gasteiger partial charge is 0.352 e. The molecule has 0 radical (unpaired) electrons. The summed E-state index contributed by atoms with van der Waals surface area (Å²) >= 11 is 0. The first-order valence-corrected chi connectivity index (χ1v) is 11.8. The van der Waals surface area contributed by atoms with Crippen LogP contribution in [0, 0.1) is 19.7 Å². The second-order valence-corrected chi connectivity index (χ2v) is 9.02. The number of carbonyl (C=O) groups is 2. The maximum atomic E-state index is 13.5. The zero-order valence-electron chi connectivity index (χ0n) is 19.5. The first-order chi connectivity index (χ1) is 15.4. The molecule has 1 saturated carbocycles. The van der Waals surface area contributed by atoms with Gasteiger partial charge in [-0.1, -0.05) is 62.1 Å². The lowest BCUT2D eigenvalue weighted by Crippen LogP contribution is -2.52. The minimum absolute atomic E-state index is 0.0872. The van der Waals surface area contributed by atoms with Gasteiger partial charge < -0.3 is 10.2 Å². The number of halogens is 1. The van der Waals surface area contributed by atoms with E-state index in [9.17, 15) is 14.0 Å². The maximum absolute atomic E-state index is 13.5. The van der Waals surface area contributed by atoms with Gasteiger partial charge in [-0.25, -0.2) is 4.39 Å². The van der Waals surface area contributed by atoms with Crippen LogP contribution in [-0.4, -0.2) is 28.8 Å². The predicted molar refractivity (Wildman–Crippen MR) is 126 cm³/mol. The van der Waals surface area contributed by atoms with Crippen LogP contribution in [0.3, 0.4) is 0 Å². The lowest BCUT2D eigenvalue weighted by molar-refractivity contribution is -0.141. The lowest BCUT2D eigenvalue weighted by atomic mass is 9.95. The lowest BCUT2D eigenvalue weighted by Gasteiger charge is -2.33. The van der Waals surface area contributed by atoms with E-state index in [1.54, 1.807) is 17.0 Å². The Labute approximate surface area is 191 Å². The van der Waals surface area contributed by atoms with Crippen molar-refractivity contribution in [3.63, 3.8) is 0 Å². The number of hydrogen-bond acceptors (Lipinski definition) is 2. The summed E-state index contributed by atoms with van der Waals surface area (Å²) in [7, 11) is 0. The quantitative estimate of drug-likeness (QED) is 0.613. The van der Waals surface area contributed by atoms with Crippen LogP contribution in [0.25, 0.3) is 0 Å². The monoisotopic (exact) mass is 438 g/mol. The number of hydrogen-bond donors (Lipinski definition) is 1. The molecule has 0 saturated heterocycles. The molecular formula is C27H35FN2O2. The highest BCUT2D eigenvalue weighted by molar-refractivity contribution is 5.88. The standard InChI is InChI=1S/C27H35FN2O2/c1-4-25(27(32)29-24-8-6-5-7-9-24)30(18-21-12-14-23(28)15-13-21)26(31)17-22-16-19(2)10-11-20(22)3/h10-16,24-25H,4-9,17-18H2,1-3H3,(H,29,32). The van der Waals surface area contributed by atoms with Crippen molar-refractivity contribution in [3.05, 3.63) is 70.5 Å². The van der Waals surface area contributed by atoms with E-state index >= 15 is 0 Å². The van der Waals surface area contributed by atoms with Crippen molar-refractivity contribution in [2.24, 2.45) is 0 Å². The molecular weight excluding hydrogens is 403 g/mol. The molecule has 4 nitrogen and oxygen atoms in total. The van der Waals surface area contributed by atoms with Crippen molar-refractivity contribution >= 4 is 11.8 Å². The smallest absolute Gasteiger partial charge is 0.243 e. The molecule has 1 N–H and O–H groups in total. The van der Waals surface area contributed by atoms with Crippen molar-refractivity contribution < 1.29 is 14.0 Å². The van der Waals surface area contributed by atoms with Gasteiger partial charge in [0.1, 0.15) is 11.9 Å². The van der Waals surface area contributed by atoms with E-state index in [1.165, 1.54) is 18.6 Å². The average Bonchev–Trinajstić information content (AvgIpc) is 2.78. The molecule has 5 heteroatoms. The molecule has 2 aromatic rings. The Morgan fingerprint density at radius 3 is 2.41 bits per heavy atom. The van der Waals surface area contributed by atoms with Crippen LogP contribution in [0.15, 0.2) is 42.5 Å². The fourth-order valence-corrected chi connectivity index (χ4v) is 4.51. The Bertz CT molecular complexity index is 920. The van der Waals surface area contributed by atoms with Gasteiger partial charge in [-0.3, -0.25) is 9.59 Å². The molecule has 1 fully saturated rings. The Morgan fingerprint density at radius 1 is 1.06 bits per heavy atom. The van der Waals surface area contributed by atoms with Crippen molar-refractivity contribution in [1.82, 2.24) is 10.2 Å². The molecule has 32 heavy (non-hydrogen) atoms. The maximum Gasteiger partial charge on any atom is 0.243 e.